The Kier molecular flexibility index (Phi) is 4.40. The largest absolute Gasteiger partial charge is 0.496 e. The van der Waals surface area contributed by atoms with Gasteiger partial charge in [-0.2, -0.15) is 9.78 Å². The van der Waals surface area contributed by atoms with E-state index in [-0.39, 0.29) is 11.8 Å². The number of rotatable bonds is 3. The van der Waals surface area contributed by atoms with Crippen LogP contribution in [0.15, 0.2) is 46.9 Å². The second-order valence-corrected chi connectivity index (χ2v) is 8.84. The number of carbonyl (C=O) groups excluding carboxylic acids is 1. The van der Waals surface area contributed by atoms with E-state index >= 15 is 0 Å². The van der Waals surface area contributed by atoms with Crippen LogP contribution in [0.5, 0.6) is 5.75 Å². The van der Waals surface area contributed by atoms with Gasteiger partial charge in [-0.15, -0.1) is 0 Å². The molecule has 8 heteroatoms. The molecule has 2 aromatic carbocycles. The van der Waals surface area contributed by atoms with Crippen molar-refractivity contribution in [3.63, 3.8) is 0 Å². The standard InChI is InChI=1S/C21H17BrN4O2S/c1-11-19-14(13-9-12(22)7-8-16(13)28-2)10-18(27)24-20(19)26(25-11)21-23-15-5-3-4-6-17(15)29-21/h3-9,14H,10H2,1-2H3,(H,24,27). The van der Waals surface area contributed by atoms with Crippen LogP contribution < -0.4 is 10.1 Å². The SMILES string of the molecule is COc1ccc(Br)cc1C1CC(=O)Nc2c1c(C)nn2-c1nc2ccccc2s1. The van der Waals surface area contributed by atoms with Gasteiger partial charge in [0, 0.05) is 27.9 Å². The maximum absolute atomic E-state index is 12.6. The van der Waals surface area contributed by atoms with Crippen LogP contribution in [0, 0.1) is 6.92 Å². The molecule has 0 aliphatic carbocycles. The smallest absolute Gasteiger partial charge is 0.226 e. The summed E-state index contributed by atoms with van der Waals surface area (Å²) in [5, 5.41) is 8.50. The lowest BCUT2D eigenvalue weighted by Crippen LogP contribution is -2.25. The van der Waals surface area contributed by atoms with Gasteiger partial charge in [0.2, 0.25) is 11.0 Å². The van der Waals surface area contributed by atoms with Gasteiger partial charge in [0.25, 0.3) is 0 Å². The predicted octanol–water partition coefficient (Wildman–Crippen LogP) is 5.04. The number of methoxy groups -OCH3 is 1. The van der Waals surface area contributed by atoms with Crippen LogP contribution in [0.1, 0.15) is 29.2 Å². The number of para-hydroxylation sites is 1. The molecule has 1 atom stereocenters. The van der Waals surface area contributed by atoms with Gasteiger partial charge in [-0.1, -0.05) is 39.4 Å². The second kappa shape index (κ2) is 6.96. The molecule has 0 spiro atoms. The van der Waals surface area contributed by atoms with E-state index in [1.165, 1.54) is 0 Å². The number of aryl methyl sites for hydroxylation is 1. The van der Waals surface area contributed by atoms with Crippen LogP contribution in [-0.2, 0) is 4.79 Å². The first-order valence-electron chi connectivity index (χ1n) is 9.14. The zero-order valence-corrected chi connectivity index (χ0v) is 18.2. The second-order valence-electron chi connectivity index (χ2n) is 6.91. The number of halogens is 1. The van der Waals surface area contributed by atoms with Crippen LogP contribution in [0.25, 0.3) is 15.3 Å². The molecule has 2 aromatic heterocycles. The Labute approximate surface area is 179 Å². The third-order valence-corrected chi connectivity index (χ3v) is 6.64. The number of nitrogens with one attached hydrogen (secondary N) is 1. The molecule has 0 bridgehead atoms. The van der Waals surface area contributed by atoms with Crippen molar-refractivity contribution in [3.8, 4) is 10.9 Å². The van der Waals surface area contributed by atoms with Crippen LogP contribution in [-0.4, -0.2) is 27.8 Å². The number of hydrogen-bond acceptors (Lipinski definition) is 5. The Morgan fingerprint density at radius 3 is 2.90 bits per heavy atom. The Morgan fingerprint density at radius 1 is 1.28 bits per heavy atom. The monoisotopic (exact) mass is 468 g/mol. The highest BCUT2D eigenvalue weighted by Crippen LogP contribution is 2.44. The van der Waals surface area contributed by atoms with Gasteiger partial charge < -0.3 is 10.1 Å². The van der Waals surface area contributed by atoms with Crippen LogP contribution in [0.2, 0.25) is 0 Å². The number of nitrogens with zero attached hydrogens (tertiary/aromatic N) is 3. The first kappa shape index (κ1) is 18.3. The fourth-order valence-electron chi connectivity index (χ4n) is 3.88. The molecule has 1 aliphatic heterocycles. The minimum Gasteiger partial charge on any atom is -0.496 e. The highest BCUT2D eigenvalue weighted by atomic mass is 79.9. The lowest BCUT2D eigenvalue weighted by atomic mass is 9.85. The molecule has 0 radical (unpaired) electrons. The highest BCUT2D eigenvalue weighted by molar-refractivity contribution is 9.10. The third kappa shape index (κ3) is 3.03. The summed E-state index contributed by atoms with van der Waals surface area (Å²) in [6, 6.07) is 13.8. The van der Waals surface area contributed by atoms with Gasteiger partial charge >= 0.3 is 0 Å². The van der Waals surface area contributed by atoms with Gasteiger partial charge in [0.15, 0.2) is 0 Å². The van der Waals surface area contributed by atoms with E-state index < -0.39 is 0 Å². The van der Waals surface area contributed by atoms with Gasteiger partial charge in [-0.05, 0) is 37.3 Å². The number of anilines is 1. The molecule has 1 aliphatic rings. The fraction of sp³-hybridized carbons (Fsp3) is 0.190. The lowest BCUT2D eigenvalue weighted by molar-refractivity contribution is -0.116. The molecule has 1 unspecified atom stereocenters. The number of carbonyl (C=O) groups is 1. The quantitative estimate of drug-likeness (QED) is 0.457. The molecule has 0 fully saturated rings. The minimum atomic E-state index is -0.144. The van der Waals surface area contributed by atoms with Gasteiger partial charge in [-0.3, -0.25) is 4.79 Å². The number of hydrogen-bond donors (Lipinski definition) is 1. The van der Waals surface area contributed by atoms with E-state index in [1.807, 2.05) is 49.4 Å². The maximum Gasteiger partial charge on any atom is 0.226 e. The molecular formula is C21H17BrN4O2S. The molecule has 5 rings (SSSR count). The third-order valence-electron chi connectivity index (χ3n) is 5.13. The molecule has 1 N–H and O–H groups in total. The molecule has 3 heterocycles. The Morgan fingerprint density at radius 2 is 2.10 bits per heavy atom. The van der Waals surface area contributed by atoms with E-state index in [1.54, 1.807) is 23.1 Å². The number of thiazole rings is 1. The predicted molar refractivity (Wildman–Crippen MR) is 117 cm³/mol. The van der Waals surface area contributed by atoms with Gasteiger partial charge in [0.1, 0.15) is 11.6 Å². The summed E-state index contributed by atoms with van der Waals surface area (Å²) in [6.45, 7) is 1.97. The van der Waals surface area contributed by atoms with Crippen molar-refractivity contribution in [2.45, 2.75) is 19.3 Å². The zero-order valence-electron chi connectivity index (χ0n) is 15.8. The van der Waals surface area contributed by atoms with Crippen LogP contribution in [0.3, 0.4) is 0 Å². The summed E-state index contributed by atoms with van der Waals surface area (Å²) in [5.41, 5.74) is 3.75. The Bertz CT molecular complexity index is 1230. The summed E-state index contributed by atoms with van der Waals surface area (Å²) in [5.74, 6) is 1.25. The number of benzene rings is 2. The van der Waals surface area contributed by atoms with Crippen molar-refractivity contribution in [2.75, 3.05) is 12.4 Å². The lowest BCUT2D eigenvalue weighted by Gasteiger charge is -2.25. The summed E-state index contributed by atoms with van der Waals surface area (Å²) in [6.07, 6.45) is 0.339. The number of amides is 1. The fourth-order valence-corrected chi connectivity index (χ4v) is 5.18. The highest BCUT2D eigenvalue weighted by Gasteiger charge is 2.34. The zero-order chi connectivity index (χ0) is 20.1. The summed E-state index contributed by atoms with van der Waals surface area (Å²) >= 11 is 5.09. The van der Waals surface area contributed by atoms with Gasteiger partial charge in [-0.25, -0.2) is 4.98 Å². The molecule has 29 heavy (non-hydrogen) atoms. The van der Waals surface area contributed by atoms with E-state index in [0.717, 1.165) is 42.4 Å². The Hall–Kier alpha value is -2.71. The van der Waals surface area contributed by atoms with Crippen molar-refractivity contribution < 1.29 is 9.53 Å². The van der Waals surface area contributed by atoms with Crippen molar-refractivity contribution in [1.29, 1.82) is 0 Å². The molecule has 1 amide bonds. The number of fused-ring (bicyclic) bond motifs is 2. The first-order chi connectivity index (χ1) is 14.0. The number of ether oxygens (including phenoxy) is 1. The van der Waals surface area contributed by atoms with Crippen molar-refractivity contribution in [3.05, 3.63) is 63.8 Å². The van der Waals surface area contributed by atoms with Crippen LogP contribution in [0.4, 0.5) is 5.82 Å². The molecule has 4 aromatic rings. The summed E-state index contributed by atoms with van der Waals surface area (Å²) < 4.78 is 9.36. The molecular weight excluding hydrogens is 452 g/mol. The normalized spacial score (nSPS) is 16.0. The van der Waals surface area contributed by atoms with E-state index in [0.29, 0.717) is 12.2 Å². The maximum atomic E-state index is 12.6. The van der Waals surface area contributed by atoms with Crippen molar-refractivity contribution >= 4 is 49.2 Å². The molecule has 0 saturated heterocycles. The summed E-state index contributed by atoms with van der Waals surface area (Å²) in [4.78, 5) is 17.3. The van der Waals surface area contributed by atoms with E-state index in [9.17, 15) is 4.79 Å². The van der Waals surface area contributed by atoms with E-state index in [4.69, 9.17) is 14.8 Å². The Balaban J connectivity index is 1.70. The molecule has 0 saturated carbocycles. The van der Waals surface area contributed by atoms with Crippen LogP contribution >= 0.6 is 27.3 Å². The topological polar surface area (TPSA) is 69.0 Å². The molecule has 146 valence electrons. The average Bonchev–Trinajstić information content (AvgIpc) is 3.28. The average molecular weight is 469 g/mol. The van der Waals surface area contributed by atoms with Gasteiger partial charge in [0.05, 0.1) is 23.0 Å². The van der Waals surface area contributed by atoms with Crippen molar-refractivity contribution in [2.24, 2.45) is 0 Å². The number of aromatic nitrogens is 3. The van der Waals surface area contributed by atoms with E-state index in [2.05, 4.69) is 21.2 Å². The summed E-state index contributed by atoms with van der Waals surface area (Å²) in [7, 11) is 1.65. The van der Waals surface area contributed by atoms with Crippen molar-refractivity contribution in [1.82, 2.24) is 14.8 Å². The molecule has 6 nitrogen and oxygen atoms in total. The minimum absolute atomic E-state index is 0.0493. The first-order valence-corrected chi connectivity index (χ1v) is 10.7.